The maximum Gasteiger partial charge on any atom is 0.362 e. The van der Waals surface area contributed by atoms with Crippen molar-refractivity contribution in [2.45, 2.75) is 19.4 Å². The van der Waals surface area contributed by atoms with Gasteiger partial charge in [-0.15, -0.1) is 5.10 Å². The van der Waals surface area contributed by atoms with Crippen LogP contribution in [0.1, 0.15) is 23.0 Å². The lowest BCUT2D eigenvalue weighted by Crippen LogP contribution is -2.65. The number of nitrogens with zero attached hydrogens (tertiary/aromatic N) is 3. The van der Waals surface area contributed by atoms with Crippen molar-refractivity contribution in [2.75, 3.05) is 0 Å². The number of quaternary nitrogens is 1. The molecule has 0 unspecified atom stereocenters. The highest BCUT2D eigenvalue weighted by atomic mass is 16.4. The van der Waals surface area contributed by atoms with Crippen LogP contribution in [0, 0.1) is 0 Å². The lowest BCUT2D eigenvalue weighted by molar-refractivity contribution is -0.407. The third-order valence-corrected chi connectivity index (χ3v) is 2.89. The largest absolute Gasteiger partial charge is 0.477 e. The Labute approximate surface area is 115 Å². The molecule has 4 N–H and O–H groups in total. The molecule has 1 aromatic heterocycles. The van der Waals surface area contributed by atoms with E-state index < -0.39 is 12.0 Å². The third-order valence-electron chi connectivity index (χ3n) is 2.89. The maximum atomic E-state index is 11.2. The average Bonchev–Trinajstić information content (AvgIpc) is 2.89. The molecule has 0 aliphatic rings. The molecule has 7 nitrogen and oxygen atoms in total. The van der Waals surface area contributed by atoms with Crippen LogP contribution in [-0.2, 0) is 11.2 Å². The van der Waals surface area contributed by atoms with Gasteiger partial charge in [0, 0.05) is 13.3 Å². The Balaban J connectivity index is 2.15. The van der Waals surface area contributed by atoms with E-state index in [-0.39, 0.29) is 5.78 Å². The predicted molar refractivity (Wildman–Crippen MR) is 69.4 cm³/mol. The first-order chi connectivity index (χ1) is 9.47. The molecular weight excluding hydrogens is 260 g/mol. The van der Waals surface area contributed by atoms with Gasteiger partial charge in [-0.25, -0.2) is 9.48 Å². The summed E-state index contributed by atoms with van der Waals surface area (Å²) in [6, 6.07) is 6.54. The van der Waals surface area contributed by atoms with Crippen molar-refractivity contribution < 1.29 is 20.4 Å². The van der Waals surface area contributed by atoms with Crippen molar-refractivity contribution in [3.8, 4) is 5.69 Å². The van der Waals surface area contributed by atoms with Crippen LogP contribution in [0.4, 0.5) is 0 Å². The summed E-state index contributed by atoms with van der Waals surface area (Å²) < 4.78 is 1.50. The third kappa shape index (κ3) is 3.07. The first kappa shape index (κ1) is 13.9. The number of carbonyl (C=O) groups excluding carboxylic acids is 1. The first-order valence-corrected chi connectivity index (χ1v) is 6.06. The van der Waals surface area contributed by atoms with Crippen molar-refractivity contribution in [1.82, 2.24) is 15.0 Å². The summed E-state index contributed by atoms with van der Waals surface area (Å²) in [6.07, 6.45) is 1.92. The van der Waals surface area contributed by atoms with E-state index in [0.29, 0.717) is 12.1 Å². The summed E-state index contributed by atoms with van der Waals surface area (Å²) in [5.41, 5.74) is 5.51. The zero-order valence-electron chi connectivity index (χ0n) is 11.0. The molecule has 0 bridgehead atoms. The van der Waals surface area contributed by atoms with Crippen molar-refractivity contribution in [3.63, 3.8) is 0 Å². The minimum atomic E-state index is -0.920. The Bertz CT molecular complexity index is 633. The Morgan fingerprint density at radius 2 is 2.00 bits per heavy atom. The van der Waals surface area contributed by atoms with Gasteiger partial charge in [-0.05, 0) is 17.7 Å². The Hall–Kier alpha value is -2.54. The van der Waals surface area contributed by atoms with Gasteiger partial charge in [0.2, 0.25) is 0 Å². The number of hydrogen-bond donors (Lipinski definition) is 2. The number of aromatic nitrogens is 3. The molecular formula is C13H15N4O3+. The van der Waals surface area contributed by atoms with Crippen LogP contribution >= 0.6 is 0 Å². The van der Waals surface area contributed by atoms with Crippen LogP contribution in [-0.4, -0.2) is 37.9 Å². The summed E-state index contributed by atoms with van der Waals surface area (Å²) in [5, 5.41) is 16.4. The quantitative estimate of drug-likeness (QED) is 0.728. The molecule has 0 saturated heterocycles. The molecule has 0 spiro atoms. The molecule has 104 valence electrons. The SMILES string of the molecule is CC(=O)c1cn(-c2ccc(C[C@H]([NH3+])C(=O)O)cc2)nn1. The maximum absolute atomic E-state index is 11.2. The monoisotopic (exact) mass is 275 g/mol. The molecule has 1 atom stereocenters. The van der Waals surface area contributed by atoms with Crippen LogP contribution in [0.2, 0.25) is 0 Å². The standard InChI is InChI=1S/C13H14N4O3/c1-8(18)12-7-17(16-15-12)10-4-2-9(3-5-10)6-11(14)13(19)20/h2-5,7,11H,6,14H2,1H3,(H,19,20)/p+1/t11-/m0/s1. The molecule has 2 aromatic rings. The summed E-state index contributed by atoms with van der Waals surface area (Å²) in [6.45, 7) is 1.43. The summed E-state index contributed by atoms with van der Waals surface area (Å²) in [4.78, 5) is 21.9. The van der Waals surface area contributed by atoms with Gasteiger partial charge in [0.25, 0.3) is 0 Å². The zero-order valence-corrected chi connectivity index (χ0v) is 11.0. The highest BCUT2D eigenvalue weighted by Gasteiger charge is 2.16. The van der Waals surface area contributed by atoms with Crippen LogP contribution in [0.25, 0.3) is 5.69 Å². The fourth-order valence-electron chi connectivity index (χ4n) is 1.71. The summed E-state index contributed by atoms with van der Waals surface area (Å²) >= 11 is 0. The zero-order chi connectivity index (χ0) is 14.7. The lowest BCUT2D eigenvalue weighted by Gasteiger charge is -2.05. The number of ketones is 1. The fraction of sp³-hybridized carbons (Fsp3) is 0.231. The number of carbonyl (C=O) groups is 2. The lowest BCUT2D eigenvalue weighted by atomic mass is 10.1. The molecule has 0 aliphatic heterocycles. The van der Waals surface area contributed by atoms with Crippen LogP contribution in [0.5, 0.6) is 0 Å². The van der Waals surface area contributed by atoms with Gasteiger partial charge in [-0.1, -0.05) is 17.3 Å². The second-order valence-electron chi connectivity index (χ2n) is 4.51. The predicted octanol–water partition coefficient (Wildman–Crippen LogP) is -0.292. The minimum Gasteiger partial charge on any atom is -0.477 e. The van der Waals surface area contributed by atoms with E-state index in [0.717, 1.165) is 11.3 Å². The molecule has 0 fully saturated rings. The van der Waals surface area contributed by atoms with Gasteiger partial charge in [0.15, 0.2) is 11.8 Å². The second-order valence-corrected chi connectivity index (χ2v) is 4.51. The van der Waals surface area contributed by atoms with Crippen molar-refractivity contribution in [2.24, 2.45) is 0 Å². The van der Waals surface area contributed by atoms with Gasteiger partial charge in [0.05, 0.1) is 11.9 Å². The minimum absolute atomic E-state index is 0.144. The number of carboxylic acids is 1. The van der Waals surface area contributed by atoms with E-state index in [4.69, 9.17) is 5.11 Å². The molecule has 7 heteroatoms. The van der Waals surface area contributed by atoms with Crippen molar-refractivity contribution in [1.29, 1.82) is 0 Å². The molecule has 20 heavy (non-hydrogen) atoms. The Morgan fingerprint density at radius 3 is 2.50 bits per heavy atom. The number of Topliss-reactive ketones (excluding diaryl/α,β-unsaturated/α-hetero) is 1. The highest BCUT2D eigenvalue weighted by molar-refractivity contribution is 5.91. The number of benzene rings is 1. The number of rotatable bonds is 5. The Kier molecular flexibility index (Phi) is 3.90. The van der Waals surface area contributed by atoms with Gasteiger partial charge in [-0.2, -0.15) is 0 Å². The average molecular weight is 275 g/mol. The molecule has 0 aliphatic carbocycles. The van der Waals surface area contributed by atoms with Gasteiger partial charge in [0.1, 0.15) is 5.69 Å². The molecule has 0 saturated carbocycles. The summed E-state index contributed by atoms with van der Waals surface area (Å²) in [7, 11) is 0. The molecule has 2 rings (SSSR count). The number of hydrogen-bond acceptors (Lipinski definition) is 4. The Morgan fingerprint density at radius 1 is 1.35 bits per heavy atom. The van der Waals surface area contributed by atoms with E-state index in [1.54, 1.807) is 18.3 Å². The normalized spacial score (nSPS) is 12.1. The first-order valence-electron chi connectivity index (χ1n) is 6.06. The molecule has 0 radical (unpaired) electrons. The molecule has 1 heterocycles. The van der Waals surface area contributed by atoms with Crippen LogP contribution < -0.4 is 5.73 Å². The van der Waals surface area contributed by atoms with Crippen molar-refractivity contribution in [3.05, 3.63) is 41.7 Å². The van der Waals surface area contributed by atoms with E-state index in [2.05, 4.69) is 16.0 Å². The number of carboxylic acid groups (broad SMARTS) is 1. The van der Waals surface area contributed by atoms with Crippen LogP contribution in [0.15, 0.2) is 30.5 Å². The molecule has 1 aromatic carbocycles. The van der Waals surface area contributed by atoms with E-state index in [9.17, 15) is 9.59 Å². The van der Waals surface area contributed by atoms with Gasteiger partial charge >= 0.3 is 5.97 Å². The smallest absolute Gasteiger partial charge is 0.362 e. The fourth-order valence-corrected chi connectivity index (χ4v) is 1.71. The second kappa shape index (κ2) is 5.62. The topological polar surface area (TPSA) is 113 Å². The van der Waals surface area contributed by atoms with Crippen molar-refractivity contribution >= 4 is 11.8 Å². The molecule has 0 amide bonds. The number of aliphatic carboxylic acids is 1. The van der Waals surface area contributed by atoms with E-state index >= 15 is 0 Å². The summed E-state index contributed by atoms with van der Waals surface area (Å²) in [5.74, 6) is -1.06. The van der Waals surface area contributed by atoms with Crippen LogP contribution in [0.3, 0.4) is 0 Å². The van der Waals surface area contributed by atoms with Gasteiger partial charge < -0.3 is 10.8 Å². The van der Waals surface area contributed by atoms with E-state index in [1.807, 2.05) is 12.1 Å². The van der Waals surface area contributed by atoms with Gasteiger partial charge in [-0.3, -0.25) is 4.79 Å². The highest BCUT2D eigenvalue weighted by Crippen LogP contribution is 2.10. The van der Waals surface area contributed by atoms with E-state index in [1.165, 1.54) is 11.6 Å².